The van der Waals surface area contributed by atoms with Crippen LogP contribution in [0.15, 0.2) is 24.3 Å². The number of carbonyl (C=O) groups excluding carboxylic acids is 2. The lowest BCUT2D eigenvalue weighted by Gasteiger charge is -2.45. The summed E-state index contributed by atoms with van der Waals surface area (Å²) in [6.07, 6.45) is 3.80. The maximum atomic E-state index is 13.5. The molecule has 198 valence electrons. The van der Waals surface area contributed by atoms with E-state index in [4.69, 9.17) is 14.9 Å². The van der Waals surface area contributed by atoms with Gasteiger partial charge in [-0.25, -0.2) is 0 Å². The third kappa shape index (κ3) is 5.24. The van der Waals surface area contributed by atoms with Crippen LogP contribution in [-0.4, -0.2) is 53.1 Å². The fraction of sp³-hybridized carbons (Fsp3) is 0.679. The standard InChI is InChI=1S/C28H42N4O4/c1-7-28(8-2)16-24(33)32(26(29)31-28)22(13-17(3)35-6)19-14-20(19)25(34)30-21-15-27(4,5)36-23-12-10-9-11-18(21)23/h9-12,17,19-22H,7-8,13-16H2,1-6H3,(H2,29,31)(H,30,34)/t17?,19-,20-,21+,22?/m1/s1. The summed E-state index contributed by atoms with van der Waals surface area (Å²) in [4.78, 5) is 28.4. The van der Waals surface area contributed by atoms with E-state index in [2.05, 4.69) is 10.6 Å². The molecule has 2 unspecified atom stereocenters. The Bertz CT molecular complexity index is 985. The molecule has 2 heterocycles. The molecule has 1 aliphatic carbocycles. The Hall–Kier alpha value is -2.61. The summed E-state index contributed by atoms with van der Waals surface area (Å²) in [6.45, 7) is 10.1. The summed E-state index contributed by atoms with van der Waals surface area (Å²) in [6, 6.07) is 7.49. The molecular weight excluding hydrogens is 456 g/mol. The minimum Gasteiger partial charge on any atom is -0.487 e. The van der Waals surface area contributed by atoms with Gasteiger partial charge in [-0.1, -0.05) is 32.0 Å². The Kier molecular flexibility index (Phi) is 7.37. The van der Waals surface area contributed by atoms with Gasteiger partial charge in [0.1, 0.15) is 11.4 Å². The monoisotopic (exact) mass is 498 g/mol. The van der Waals surface area contributed by atoms with E-state index in [9.17, 15) is 9.59 Å². The fourth-order valence-corrected chi connectivity index (χ4v) is 5.94. The van der Waals surface area contributed by atoms with Crippen molar-refractivity contribution >= 4 is 17.8 Å². The molecule has 36 heavy (non-hydrogen) atoms. The van der Waals surface area contributed by atoms with E-state index in [0.717, 1.165) is 24.2 Å². The average Bonchev–Trinajstić information content (AvgIpc) is 3.63. The van der Waals surface area contributed by atoms with Crippen molar-refractivity contribution in [1.29, 1.82) is 5.41 Å². The van der Waals surface area contributed by atoms with Crippen molar-refractivity contribution in [3.8, 4) is 5.75 Å². The number of rotatable bonds is 9. The first-order chi connectivity index (χ1) is 17.0. The van der Waals surface area contributed by atoms with Crippen molar-refractivity contribution in [1.82, 2.24) is 15.5 Å². The summed E-state index contributed by atoms with van der Waals surface area (Å²) < 4.78 is 11.7. The van der Waals surface area contributed by atoms with Gasteiger partial charge < -0.3 is 20.1 Å². The number of nitrogens with one attached hydrogen (secondary N) is 3. The molecule has 2 amide bonds. The van der Waals surface area contributed by atoms with Crippen LogP contribution >= 0.6 is 0 Å². The molecule has 1 saturated heterocycles. The number of carbonyl (C=O) groups is 2. The van der Waals surface area contributed by atoms with Crippen LogP contribution in [0, 0.1) is 17.2 Å². The number of fused-ring (bicyclic) bond motifs is 1. The lowest BCUT2D eigenvalue weighted by atomic mass is 9.86. The van der Waals surface area contributed by atoms with Crippen molar-refractivity contribution in [2.24, 2.45) is 11.8 Å². The highest BCUT2D eigenvalue weighted by Gasteiger charge is 2.54. The van der Waals surface area contributed by atoms with Crippen LogP contribution in [0.2, 0.25) is 0 Å². The van der Waals surface area contributed by atoms with E-state index in [-0.39, 0.29) is 58.9 Å². The predicted octanol–water partition coefficient (Wildman–Crippen LogP) is 4.15. The van der Waals surface area contributed by atoms with Gasteiger partial charge in [0.25, 0.3) is 0 Å². The lowest BCUT2D eigenvalue weighted by molar-refractivity contribution is -0.134. The van der Waals surface area contributed by atoms with Gasteiger partial charge in [0.05, 0.1) is 18.6 Å². The van der Waals surface area contributed by atoms with Gasteiger partial charge in [-0.3, -0.25) is 19.9 Å². The largest absolute Gasteiger partial charge is 0.487 e. The summed E-state index contributed by atoms with van der Waals surface area (Å²) in [5, 5.41) is 15.3. The molecule has 1 saturated carbocycles. The van der Waals surface area contributed by atoms with E-state index >= 15 is 0 Å². The van der Waals surface area contributed by atoms with Crippen molar-refractivity contribution in [2.45, 2.75) is 102 Å². The molecule has 2 fully saturated rings. The highest BCUT2D eigenvalue weighted by Crippen LogP contribution is 2.47. The normalized spacial score (nSPS) is 27.8. The van der Waals surface area contributed by atoms with Gasteiger partial charge in [-0.05, 0) is 58.4 Å². The molecule has 0 radical (unpaired) electrons. The summed E-state index contributed by atoms with van der Waals surface area (Å²) in [5.41, 5.74) is 0.253. The number of para-hydroxylation sites is 1. The van der Waals surface area contributed by atoms with Crippen LogP contribution in [0.5, 0.6) is 5.75 Å². The van der Waals surface area contributed by atoms with Gasteiger partial charge >= 0.3 is 0 Å². The molecule has 0 spiro atoms. The van der Waals surface area contributed by atoms with Crippen LogP contribution in [0.1, 0.15) is 84.7 Å². The molecule has 1 aromatic carbocycles. The summed E-state index contributed by atoms with van der Waals surface area (Å²) in [7, 11) is 1.66. The molecule has 1 aromatic rings. The number of hydrogen-bond donors (Lipinski definition) is 3. The topological polar surface area (TPSA) is 104 Å². The minimum absolute atomic E-state index is 0.00690. The molecule has 0 bridgehead atoms. The zero-order valence-electron chi connectivity index (χ0n) is 22.5. The highest BCUT2D eigenvalue weighted by molar-refractivity contribution is 5.99. The number of benzene rings is 1. The molecule has 3 N–H and O–H groups in total. The third-order valence-electron chi connectivity index (χ3n) is 8.41. The SMILES string of the molecule is CCC1(CC)CC(=O)N(C(CC(C)OC)[C@@H]2C[C@H]2C(=O)N[C@H]2CC(C)(C)Oc3ccccc32)C(=N)N1. The quantitative estimate of drug-likeness (QED) is 0.475. The number of amides is 2. The molecule has 8 nitrogen and oxygen atoms in total. The van der Waals surface area contributed by atoms with Crippen LogP contribution in [0.25, 0.3) is 0 Å². The zero-order valence-corrected chi connectivity index (χ0v) is 22.5. The van der Waals surface area contributed by atoms with Gasteiger partial charge in [0.2, 0.25) is 11.8 Å². The summed E-state index contributed by atoms with van der Waals surface area (Å²) >= 11 is 0. The Balaban J connectivity index is 1.50. The first-order valence-corrected chi connectivity index (χ1v) is 13.3. The Morgan fingerprint density at radius 3 is 2.64 bits per heavy atom. The van der Waals surface area contributed by atoms with Crippen molar-refractivity contribution in [2.75, 3.05) is 7.11 Å². The minimum atomic E-state index is -0.377. The fourth-order valence-electron chi connectivity index (χ4n) is 5.94. The molecular formula is C28H42N4O4. The molecule has 2 aliphatic heterocycles. The maximum absolute atomic E-state index is 13.5. The van der Waals surface area contributed by atoms with Crippen LogP contribution < -0.4 is 15.4 Å². The van der Waals surface area contributed by atoms with Gasteiger partial charge in [0, 0.05) is 36.6 Å². The number of ether oxygens (including phenoxy) is 2. The second-order valence-corrected chi connectivity index (χ2v) is 11.4. The highest BCUT2D eigenvalue weighted by atomic mass is 16.5. The van der Waals surface area contributed by atoms with Crippen LogP contribution in [0.3, 0.4) is 0 Å². The van der Waals surface area contributed by atoms with E-state index in [1.807, 2.05) is 58.9 Å². The number of nitrogens with zero attached hydrogens (tertiary/aromatic N) is 1. The van der Waals surface area contributed by atoms with Crippen LogP contribution in [0.4, 0.5) is 0 Å². The number of guanidine groups is 1. The van der Waals surface area contributed by atoms with E-state index in [1.165, 1.54) is 0 Å². The second kappa shape index (κ2) is 10.0. The van der Waals surface area contributed by atoms with E-state index < -0.39 is 0 Å². The van der Waals surface area contributed by atoms with Gasteiger partial charge in [0.15, 0.2) is 5.96 Å². The Labute approximate surface area is 215 Å². The van der Waals surface area contributed by atoms with Gasteiger partial charge in [-0.15, -0.1) is 0 Å². The Morgan fingerprint density at radius 1 is 1.31 bits per heavy atom. The Morgan fingerprint density at radius 2 is 2.00 bits per heavy atom. The van der Waals surface area contributed by atoms with Crippen molar-refractivity contribution in [3.63, 3.8) is 0 Å². The van der Waals surface area contributed by atoms with E-state index in [1.54, 1.807) is 12.0 Å². The van der Waals surface area contributed by atoms with Gasteiger partial charge in [-0.2, -0.15) is 0 Å². The lowest BCUT2D eigenvalue weighted by Crippen LogP contribution is -2.64. The first-order valence-electron chi connectivity index (χ1n) is 13.3. The maximum Gasteiger partial charge on any atom is 0.231 e. The van der Waals surface area contributed by atoms with Crippen LogP contribution in [-0.2, 0) is 14.3 Å². The molecule has 0 aromatic heterocycles. The van der Waals surface area contributed by atoms with Crippen molar-refractivity contribution < 1.29 is 19.1 Å². The molecule has 4 rings (SSSR count). The number of hydrogen-bond acceptors (Lipinski definition) is 5. The molecule has 5 atom stereocenters. The smallest absolute Gasteiger partial charge is 0.231 e. The summed E-state index contributed by atoms with van der Waals surface area (Å²) in [5.74, 6) is 0.727. The molecule has 8 heteroatoms. The zero-order chi connectivity index (χ0) is 26.3. The van der Waals surface area contributed by atoms with E-state index in [0.29, 0.717) is 25.7 Å². The average molecular weight is 499 g/mol. The number of methoxy groups -OCH3 is 1. The second-order valence-electron chi connectivity index (χ2n) is 11.4. The van der Waals surface area contributed by atoms with Crippen molar-refractivity contribution in [3.05, 3.63) is 29.8 Å². The first kappa shape index (κ1) is 26.5. The molecule has 3 aliphatic rings. The third-order valence-corrected chi connectivity index (χ3v) is 8.41. The predicted molar refractivity (Wildman–Crippen MR) is 139 cm³/mol.